The molecule has 108 valence electrons. The maximum Gasteiger partial charge on any atom is 0.165 e. The minimum absolute atomic E-state index is 0.126. The molecule has 0 radical (unpaired) electrons. The van der Waals surface area contributed by atoms with Crippen molar-refractivity contribution in [3.05, 3.63) is 47.5 Å². The molecule has 0 aliphatic heterocycles. The molecule has 0 saturated carbocycles. The summed E-state index contributed by atoms with van der Waals surface area (Å²) in [7, 11) is 1.47. The van der Waals surface area contributed by atoms with Crippen molar-refractivity contribution in [1.29, 1.82) is 0 Å². The Hall–Kier alpha value is -1.88. The number of ether oxygens (including phenoxy) is 1. The van der Waals surface area contributed by atoms with Crippen LogP contribution in [0.2, 0.25) is 0 Å². The summed E-state index contributed by atoms with van der Waals surface area (Å²) in [6.07, 6.45) is 3.85. The van der Waals surface area contributed by atoms with Crippen LogP contribution in [0.1, 0.15) is 24.1 Å². The standard InChI is InChI=1S/C15H20FN3O/c1-11-9-18-19(10-11)7-6-17-12(2)13-4-5-14(16)15(8-13)20-3/h4-5,8-10,12,17H,6-7H2,1-3H3. The van der Waals surface area contributed by atoms with E-state index in [0.717, 1.165) is 24.2 Å². The van der Waals surface area contributed by atoms with Crippen molar-refractivity contribution in [2.75, 3.05) is 13.7 Å². The van der Waals surface area contributed by atoms with E-state index in [2.05, 4.69) is 10.4 Å². The summed E-state index contributed by atoms with van der Waals surface area (Å²) in [5, 5.41) is 7.62. The van der Waals surface area contributed by atoms with Gasteiger partial charge in [-0.3, -0.25) is 4.68 Å². The lowest BCUT2D eigenvalue weighted by atomic mass is 10.1. The fourth-order valence-electron chi connectivity index (χ4n) is 2.05. The highest BCUT2D eigenvalue weighted by molar-refractivity contribution is 5.31. The van der Waals surface area contributed by atoms with Crippen molar-refractivity contribution in [1.82, 2.24) is 15.1 Å². The van der Waals surface area contributed by atoms with Crippen LogP contribution < -0.4 is 10.1 Å². The summed E-state index contributed by atoms with van der Waals surface area (Å²) in [4.78, 5) is 0. The number of nitrogens with zero attached hydrogens (tertiary/aromatic N) is 2. The second kappa shape index (κ2) is 6.52. The number of rotatable bonds is 6. The fraction of sp³-hybridized carbons (Fsp3) is 0.400. The lowest BCUT2D eigenvalue weighted by Crippen LogP contribution is -2.23. The van der Waals surface area contributed by atoms with Crippen molar-refractivity contribution in [2.24, 2.45) is 0 Å². The quantitative estimate of drug-likeness (QED) is 0.882. The Morgan fingerprint density at radius 3 is 2.90 bits per heavy atom. The molecule has 0 amide bonds. The first-order valence-electron chi connectivity index (χ1n) is 6.66. The Bertz CT molecular complexity index is 568. The van der Waals surface area contributed by atoms with Crippen molar-refractivity contribution >= 4 is 0 Å². The largest absolute Gasteiger partial charge is 0.494 e. The normalized spacial score (nSPS) is 12.4. The van der Waals surface area contributed by atoms with Gasteiger partial charge >= 0.3 is 0 Å². The third-order valence-corrected chi connectivity index (χ3v) is 3.23. The molecule has 0 fully saturated rings. The van der Waals surface area contributed by atoms with Crippen LogP contribution in [0.15, 0.2) is 30.6 Å². The minimum atomic E-state index is -0.338. The minimum Gasteiger partial charge on any atom is -0.494 e. The van der Waals surface area contributed by atoms with Crippen molar-refractivity contribution in [3.8, 4) is 5.75 Å². The van der Waals surface area contributed by atoms with E-state index in [9.17, 15) is 4.39 Å². The first-order chi connectivity index (χ1) is 9.60. The predicted molar refractivity (Wildman–Crippen MR) is 76.3 cm³/mol. The molecule has 0 saturated heterocycles. The molecular weight excluding hydrogens is 257 g/mol. The summed E-state index contributed by atoms with van der Waals surface area (Å²) in [6, 6.07) is 5.06. The van der Waals surface area contributed by atoms with E-state index in [-0.39, 0.29) is 17.6 Å². The zero-order valence-corrected chi connectivity index (χ0v) is 12.1. The molecule has 20 heavy (non-hydrogen) atoms. The molecule has 1 aromatic carbocycles. The molecule has 0 aliphatic carbocycles. The molecular formula is C15H20FN3O. The second-order valence-corrected chi connectivity index (χ2v) is 4.85. The van der Waals surface area contributed by atoms with Gasteiger partial charge in [0.25, 0.3) is 0 Å². The topological polar surface area (TPSA) is 39.1 Å². The zero-order valence-electron chi connectivity index (χ0n) is 12.1. The molecule has 2 aromatic rings. The van der Waals surface area contributed by atoms with Crippen molar-refractivity contribution < 1.29 is 9.13 Å². The molecule has 1 N–H and O–H groups in total. The van der Waals surface area contributed by atoms with Crippen LogP contribution in [0.25, 0.3) is 0 Å². The second-order valence-electron chi connectivity index (χ2n) is 4.85. The molecule has 4 nitrogen and oxygen atoms in total. The van der Waals surface area contributed by atoms with E-state index in [1.807, 2.05) is 30.9 Å². The molecule has 1 atom stereocenters. The number of aryl methyl sites for hydroxylation is 1. The molecule has 0 spiro atoms. The van der Waals surface area contributed by atoms with Gasteiger partial charge in [0.05, 0.1) is 19.9 Å². The van der Waals surface area contributed by atoms with E-state index in [0.29, 0.717) is 0 Å². The Balaban J connectivity index is 1.89. The smallest absolute Gasteiger partial charge is 0.165 e. The number of hydrogen-bond donors (Lipinski definition) is 1. The Kier molecular flexibility index (Phi) is 4.74. The molecule has 2 rings (SSSR count). The Morgan fingerprint density at radius 1 is 1.45 bits per heavy atom. The Morgan fingerprint density at radius 2 is 2.25 bits per heavy atom. The highest BCUT2D eigenvalue weighted by Gasteiger charge is 2.09. The van der Waals surface area contributed by atoms with Gasteiger partial charge in [0.15, 0.2) is 11.6 Å². The van der Waals surface area contributed by atoms with E-state index in [4.69, 9.17) is 4.74 Å². The van der Waals surface area contributed by atoms with Gasteiger partial charge in [0.2, 0.25) is 0 Å². The average molecular weight is 277 g/mol. The van der Waals surface area contributed by atoms with E-state index in [1.165, 1.54) is 13.2 Å². The summed E-state index contributed by atoms with van der Waals surface area (Å²) in [5.74, 6) is -0.0608. The number of halogens is 1. The first-order valence-corrected chi connectivity index (χ1v) is 6.66. The van der Waals surface area contributed by atoms with Crippen LogP contribution in [-0.2, 0) is 6.54 Å². The summed E-state index contributed by atoms with van der Waals surface area (Å²) in [6.45, 7) is 5.66. The first kappa shape index (κ1) is 14.5. The maximum absolute atomic E-state index is 13.4. The fourth-order valence-corrected chi connectivity index (χ4v) is 2.05. The van der Waals surface area contributed by atoms with Gasteiger partial charge in [-0.05, 0) is 37.1 Å². The molecule has 1 aromatic heterocycles. The molecule has 0 bridgehead atoms. The van der Waals surface area contributed by atoms with Gasteiger partial charge in [-0.15, -0.1) is 0 Å². The molecule has 0 aliphatic rings. The summed E-state index contributed by atoms with van der Waals surface area (Å²) in [5.41, 5.74) is 2.15. The number of methoxy groups -OCH3 is 1. The van der Waals surface area contributed by atoms with Crippen LogP contribution in [0.3, 0.4) is 0 Å². The van der Waals surface area contributed by atoms with Crippen molar-refractivity contribution in [3.63, 3.8) is 0 Å². The van der Waals surface area contributed by atoms with E-state index in [1.54, 1.807) is 12.1 Å². The van der Waals surface area contributed by atoms with Gasteiger partial charge in [0, 0.05) is 18.8 Å². The maximum atomic E-state index is 13.4. The lowest BCUT2D eigenvalue weighted by molar-refractivity contribution is 0.385. The summed E-state index contributed by atoms with van der Waals surface area (Å²) >= 11 is 0. The van der Waals surface area contributed by atoms with Gasteiger partial charge in [-0.25, -0.2) is 4.39 Å². The molecule has 1 heterocycles. The van der Waals surface area contributed by atoms with Crippen LogP contribution >= 0.6 is 0 Å². The van der Waals surface area contributed by atoms with E-state index >= 15 is 0 Å². The Labute approximate surface area is 118 Å². The van der Waals surface area contributed by atoms with Crippen LogP contribution in [0.5, 0.6) is 5.75 Å². The van der Waals surface area contributed by atoms with Gasteiger partial charge < -0.3 is 10.1 Å². The van der Waals surface area contributed by atoms with Crippen LogP contribution in [-0.4, -0.2) is 23.4 Å². The lowest BCUT2D eigenvalue weighted by Gasteiger charge is -2.15. The third kappa shape index (κ3) is 3.57. The highest BCUT2D eigenvalue weighted by Crippen LogP contribution is 2.22. The van der Waals surface area contributed by atoms with Crippen LogP contribution in [0, 0.1) is 12.7 Å². The number of hydrogen-bond acceptors (Lipinski definition) is 3. The monoisotopic (exact) mass is 277 g/mol. The van der Waals surface area contributed by atoms with Gasteiger partial charge in [-0.1, -0.05) is 6.07 Å². The average Bonchev–Trinajstić information content (AvgIpc) is 2.85. The van der Waals surface area contributed by atoms with Crippen LogP contribution in [0.4, 0.5) is 4.39 Å². The predicted octanol–water partition coefficient (Wildman–Crippen LogP) is 2.69. The SMILES string of the molecule is COc1cc(C(C)NCCn2cc(C)cn2)ccc1F. The van der Waals surface area contributed by atoms with Crippen molar-refractivity contribution in [2.45, 2.75) is 26.4 Å². The number of aromatic nitrogens is 2. The van der Waals surface area contributed by atoms with E-state index < -0.39 is 0 Å². The highest BCUT2D eigenvalue weighted by atomic mass is 19.1. The molecule has 5 heteroatoms. The molecule has 1 unspecified atom stereocenters. The number of nitrogens with one attached hydrogen (secondary N) is 1. The van der Waals surface area contributed by atoms with Gasteiger partial charge in [0.1, 0.15) is 0 Å². The number of benzene rings is 1. The summed E-state index contributed by atoms with van der Waals surface area (Å²) < 4.78 is 20.3. The third-order valence-electron chi connectivity index (χ3n) is 3.23. The zero-order chi connectivity index (χ0) is 14.5. The van der Waals surface area contributed by atoms with Gasteiger partial charge in [-0.2, -0.15) is 5.10 Å².